The van der Waals surface area contributed by atoms with Gasteiger partial charge in [0.2, 0.25) is 17.6 Å². The van der Waals surface area contributed by atoms with Gasteiger partial charge in [-0.05, 0) is 18.2 Å². The Hall–Kier alpha value is -3.11. The third kappa shape index (κ3) is 5.82. The molecular formula is C22H23ClN2O7S. The number of Topliss-reactive ketones (excluding diaryl/α,β-unsaturated/α-hetero) is 1. The van der Waals surface area contributed by atoms with Crippen LogP contribution in [0.5, 0.6) is 11.5 Å². The summed E-state index contributed by atoms with van der Waals surface area (Å²) >= 11 is 7.41. The van der Waals surface area contributed by atoms with Gasteiger partial charge in [-0.25, -0.2) is 0 Å². The molecule has 33 heavy (non-hydrogen) atoms. The summed E-state index contributed by atoms with van der Waals surface area (Å²) < 4.78 is 15.7. The summed E-state index contributed by atoms with van der Waals surface area (Å²) in [5.41, 5.74) is 0.421. The molecule has 2 amide bonds. The standard InChI is InChI=1S/C22H23ClN2O7S/c1-12(26)24-9-14-4-5-20(33-14)17(27)11-32-22(29)13-6-21(28)25(10-13)16-7-15(23)18(30-2)8-19(16)31-3/h4-5,7-8,13H,6,9-11H2,1-3H3,(H,24,26). The molecule has 9 nitrogen and oxygen atoms in total. The number of carbonyl (C=O) groups is 4. The number of esters is 1. The van der Waals surface area contributed by atoms with Gasteiger partial charge in [0.25, 0.3) is 0 Å². The molecule has 1 N–H and O–H groups in total. The topological polar surface area (TPSA) is 111 Å². The largest absolute Gasteiger partial charge is 0.495 e. The SMILES string of the molecule is COc1cc(OC)c(N2CC(C(=O)OCC(=O)c3ccc(CNC(C)=O)s3)CC2=O)cc1Cl. The normalized spacial score (nSPS) is 15.3. The summed E-state index contributed by atoms with van der Waals surface area (Å²) in [6, 6.07) is 6.47. The highest BCUT2D eigenvalue weighted by Gasteiger charge is 2.38. The number of ether oxygens (including phenoxy) is 3. The first-order valence-corrected chi connectivity index (χ1v) is 11.2. The fraction of sp³-hybridized carbons (Fsp3) is 0.364. The Morgan fingerprint density at radius 3 is 2.58 bits per heavy atom. The first-order valence-electron chi connectivity index (χ1n) is 9.98. The van der Waals surface area contributed by atoms with Crippen molar-refractivity contribution in [2.24, 2.45) is 5.92 Å². The number of hydrogen-bond acceptors (Lipinski definition) is 8. The van der Waals surface area contributed by atoms with Crippen LogP contribution in [0.15, 0.2) is 24.3 Å². The van der Waals surface area contributed by atoms with Crippen molar-refractivity contribution in [2.75, 3.05) is 32.3 Å². The molecule has 2 aromatic rings. The maximum Gasteiger partial charge on any atom is 0.311 e. The summed E-state index contributed by atoms with van der Waals surface area (Å²) in [6.07, 6.45) is -0.0559. The van der Waals surface area contributed by atoms with Crippen molar-refractivity contribution in [3.63, 3.8) is 0 Å². The number of ketones is 1. The molecule has 11 heteroatoms. The number of halogens is 1. The lowest BCUT2D eigenvalue weighted by atomic mass is 10.1. The lowest BCUT2D eigenvalue weighted by Gasteiger charge is -2.20. The maximum atomic E-state index is 12.6. The lowest BCUT2D eigenvalue weighted by molar-refractivity contribution is -0.147. The molecule has 3 rings (SSSR count). The molecular weight excluding hydrogens is 472 g/mol. The van der Waals surface area contributed by atoms with E-state index in [2.05, 4.69) is 5.32 Å². The Morgan fingerprint density at radius 1 is 1.18 bits per heavy atom. The van der Waals surface area contributed by atoms with Gasteiger partial charge in [0.1, 0.15) is 11.5 Å². The van der Waals surface area contributed by atoms with Crippen molar-refractivity contribution in [1.29, 1.82) is 0 Å². The molecule has 1 aliphatic heterocycles. The minimum Gasteiger partial charge on any atom is -0.495 e. The first-order chi connectivity index (χ1) is 15.7. The summed E-state index contributed by atoms with van der Waals surface area (Å²) in [6.45, 7) is 1.38. The smallest absolute Gasteiger partial charge is 0.311 e. The number of nitrogens with one attached hydrogen (secondary N) is 1. The molecule has 1 aromatic carbocycles. The van der Waals surface area contributed by atoms with Gasteiger partial charge < -0.3 is 24.4 Å². The highest BCUT2D eigenvalue weighted by molar-refractivity contribution is 7.14. The van der Waals surface area contributed by atoms with Crippen LogP contribution in [0.4, 0.5) is 5.69 Å². The number of amides is 2. The van der Waals surface area contributed by atoms with Crippen molar-refractivity contribution in [3.05, 3.63) is 39.0 Å². The van der Waals surface area contributed by atoms with Crippen molar-refractivity contribution < 1.29 is 33.4 Å². The first kappa shape index (κ1) is 24.5. The highest BCUT2D eigenvalue weighted by atomic mass is 35.5. The zero-order chi connectivity index (χ0) is 24.1. The summed E-state index contributed by atoms with van der Waals surface area (Å²) in [7, 11) is 2.92. The van der Waals surface area contributed by atoms with Gasteiger partial charge in [-0.15, -0.1) is 11.3 Å². The Morgan fingerprint density at radius 2 is 1.91 bits per heavy atom. The van der Waals surface area contributed by atoms with E-state index in [9.17, 15) is 19.2 Å². The van der Waals surface area contributed by atoms with Crippen LogP contribution >= 0.6 is 22.9 Å². The van der Waals surface area contributed by atoms with E-state index in [0.717, 1.165) is 4.88 Å². The number of benzene rings is 1. The summed E-state index contributed by atoms with van der Waals surface area (Å²) in [5, 5.41) is 2.95. The van der Waals surface area contributed by atoms with Crippen LogP contribution in [0.3, 0.4) is 0 Å². The molecule has 1 saturated heterocycles. The third-order valence-electron chi connectivity index (χ3n) is 5.00. The monoisotopic (exact) mass is 494 g/mol. The Kier molecular flexibility index (Phi) is 7.93. The molecule has 0 bridgehead atoms. The van der Waals surface area contributed by atoms with Crippen molar-refractivity contribution in [2.45, 2.75) is 19.9 Å². The van der Waals surface area contributed by atoms with E-state index >= 15 is 0 Å². The second-order valence-corrected chi connectivity index (χ2v) is 8.85. The molecule has 0 saturated carbocycles. The number of thiophene rings is 1. The molecule has 176 valence electrons. The molecule has 0 radical (unpaired) electrons. The minimum atomic E-state index is -0.727. The number of methoxy groups -OCH3 is 2. The van der Waals surface area contributed by atoms with Crippen LogP contribution in [0.25, 0.3) is 0 Å². The molecule has 1 aromatic heterocycles. The molecule has 0 spiro atoms. The fourth-order valence-electron chi connectivity index (χ4n) is 3.31. The summed E-state index contributed by atoms with van der Waals surface area (Å²) in [4.78, 5) is 51.1. The van der Waals surface area contributed by atoms with Gasteiger partial charge in [0, 0.05) is 30.8 Å². The molecule has 2 heterocycles. The molecule has 1 aliphatic rings. The van der Waals surface area contributed by atoms with Crippen LogP contribution in [-0.4, -0.2) is 50.9 Å². The number of carbonyl (C=O) groups excluding carboxylic acids is 4. The van der Waals surface area contributed by atoms with E-state index in [-0.39, 0.29) is 30.6 Å². The second-order valence-electron chi connectivity index (χ2n) is 7.27. The average molecular weight is 495 g/mol. The Labute approximate surface area is 199 Å². The second kappa shape index (κ2) is 10.7. The van der Waals surface area contributed by atoms with Gasteiger partial charge >= 0.3 is 5.97 Å². The van der Waals surface area contributed by atoms with E-state index in [4.69, 9.17) is 25.8 Å². The van der Waals surface area contributed by atoms with Crippen LogP contribution in [0, 0.1) is 5.92 Å². The summed E-state index contributed by atoms with van der Waals surface area (Å²) in [5.74, 6) is -1.40. The molecule has 1 unspecified atom stereocenters. The fourth-order valence-corrected chi connectivity index (χ4v) is 4.42. The number of nitrogens with zero attached hydrogens (tertiary/aromatic N) is 1. The van der Waals surface area contributed by atoms with E-state index in [0.29, 0.717) is 33.6 Å². The van der Waals surface area contributed by atoms with Gasteiger partial charge in [-0.3, -0.25) is 19.2 Å². The van der Waals surface area contributed by atoms with Crippen LogP contribution < -0.4 is 19.7 Å². The van der Waals surface area contributed by atoms with Crippen molar-refractivity contribution in [1.82, 2.24) is 5.32 Å². The van der Waals surface area contributed by atoms with Gasteiger partial charge in [-0.2, -0.15) is 0 Å². The lowest BCUT2D eigenvalue weighted by Crippen LogP contribution is -2.27. The van der Waals surface area contributed by atoms with Crippen LogP contribution in [-0.2, 0) is 25.7 Å². The van der Waals surface area contributed by atoms with E-state index in [1.807, 2.05) is 0 Å². The molecule has 0 aliphatic carbocycles. The quantitative estimate of drug-likeness (QED) is 0.421. The number of rotatable bonds is 9. The van der Waals surface area contributed by atoms with E-state index in [1.165, 1.54) is 37.4 Å². The molecule has 1 fully saturated rings. The minimum absolute atomic E-state index is 0.0559. The molecule has 1 atom stereocenters. The van der Waals surface area contributed by atoms with Crippen molar-refractivity contribution >= 4 is 52.2 Å². The zero-order valence-corrected chi connectivity index (χ0v) is 19.9. The third-order valence-corrected chi connectivity index (χ3v) is 6.42. The average Bonchev–Trinajstić information content (AvgIpc) is 3.42. The predicted molar refractivity (Wildman–Crippen MR) is 122 cm³/mol. The zero-order valence-electron chi connectivity index (χ0n) is 18.3. The van der Waals surface area contributed by atoms with Crippen LogP contribution in [0.1, 0.15) is 27.9 Å². The van der Waals surface area contributed by atoms with E-state index in [1.54, 1.807) is 24.3 Å². The van der Waals surface area contributed by atoms with E-state index < -0.39 is 18.5 Å². The Bertz CT molecular complexity index is 1080. The van der Waals surface area contributed by atoms with Gasteiger partial charge in [0.15, 0.2) is 6.61 Å². The maximum absolute atomic E-state index is 12.6. The number of anilines is 1. The van der Waals surface area contributed by atoms with Gasteiger partial charge in [-0.1, -0.05) is 11.6 Å². The highest BCUT2D eigenvalue weighted by Crippen LogP contribution is 2.40. The Balaban J connectivity index is 1.60. The van der Waals surface area contributed by atoms with Crippen molar-refractivity contribution in [3.8, 4) is 11.5 Å². The van der Waals surface area contributed by atoms with Crippen LogP contribution in [0.2, 0.25) is 5.02 Å². The number of hydrogen-bond donors (Lipinski definition) is 1. The van der Waals surface area contributed by atoms with Gasteiger partial charge in [0.05, 0.1) is 42.3 Å². The predicted octanol–water partition coefficient (Wildman–Crippen LogP) is 2.83.